The van der Waals surface area contributed by atoms with E-state index in [9.17, 15) is 18.0 Å². The number of hydrogen-bond acceptors (Lipinski definition) is 5. The van der Waals surface area contributed by atoms with E-state index in [-0.39, 0.29) is 17.2 Å². The van der Waals surface area contributed by atoms with E-state index in [0.29, 0.717) is 30.0 Å². The average Bonchev–Trinajstić information content (AvgIpc) is 2.84. The van der Waals surface area contributed by atoms with Crippen molar-refractivity contribution in [2.75, 3.05) is 17.7 Å². The maximum absolute atomic E-state index is 13.2. The summed E-state index contributed by atoms with van der Waals surface area (Å²) in [6.45, 7) is 0. The summed E-state index contributed by atoms with van der Waals surface area (Å²) < 4.78 is 34.2. The maximum atomic E-state index is 13.2. The number of methoxy groups -OCH3 is 1. The third kappa shape index (κ3) is 5.62. The minimum absolute atomic E-state index is 0.0395. The minimum atomic E-state index is -4.02. The smallest absolute Gasteiger partial charge is 0.242 e. The van der Waals surface area contributed by atoms with Crippen LogP contribution in [0.15, 0.2) is 77.7 Å². The molecule has 1 aliphatic rings. The van der Waals surface area contributed by atoms with Crippen LogP contribution in [0.1, 0.15) is 17.5 Å². The highest BCUT2D eigenvalue weighted by molar-refractivity contribution is 7.89. The van der Waals surface area contributed by atoms with Crippen LogP contribution in [0.25, 0.3) is 0 Å². The summed E-state index contributed by atoms with van der Waals surface area (Å²) in [5, 5.41) is 5.51. The van der Waals surface area contributed by atoms with Gasteiger partial charge < -0.3 is 15.4 Å². The van der Waals surface area contributed by atoms with E-state index in [4.69, 9.17) is 4.74 Å². The normalized spacial score (nSPS) is 14.0. The first-order valence-electron chi connectivity index (χ1n) is 10.8. The van der Waals surface area contributed by atoms with E-state index in [2.05, 4.69) is 15.4 Å². The molecule has 4 rings (SSSR count). The standard InChI is InChI=1S/C25H25N3O5S/c1-33-20-10-8-19(9-11-20)26-25(30)23(15-17-5-3-2-4-6-17)28-34(31,32)21-12-13-22-18(16-21)7-14-24(29)27-22/h2-6,8-13,16,23,28H,7,14-15H2,1H3,(H,26,30)(H,27,29). The van der Waals surface area contributed by atoms with Crippen LogP contribution in [0, 0.1) is 0 Å². The van der Waals surface area contributed by atoms with Gasteiger partial charge in [-0.15, -0.1) is 0 Å². The molecule has 8 nitrogen and oxygen atoms in total. The lowest BCUT2D eigenvalue weighted by Crippen LogP contribution is -2.45. The van der Waals surface area contributed by atoms with Crippen LogP contribution in [0.3, 0.4) is 0 Å². The molecule has 1 heterocycles. The molecule has 0 saturated carbocycles. The Balaban J connectivity index is 1.57. The first-order valence-corrected chi connectivity index (χ1v) is 12.3. The van der Waals surface area contributed by atoms with Crippen molar-refractivity contribution in [3.05, 3.63) is 83.9 Å². The van der Waals surface area contributed by atoms with Crippen molar-refractivity contribution < 1.29 is 22.7 Å². The fourth-order valence-corrected chi connectivity index (χ4v) is 4.97. The number of ether oxygens (including phenoxy) is 1. The molecule has 34 heavy (non-hydrogen) atoms. The van der Waals surface area contributed by atoms with Gasteiger partial charge in [-0.05, 0) is 66.4 Å². The van der Waals surface area contributed by atoms with Gasteiger partial charge in [-0.25, -0.2) is 8.42 Å². The zero-order valence-electron chi connectivity index (χ0n) is 18.6. The van der Waals surface area contributed by atoms with Crippen molar-refractivity contribution in [1.29, 1.82) is 0 Å². The van der Waals surface area contributed by atoms with Crippen molar-refractivity contribution in [1.82, 2.24) is 4.72 Å². The number of carbonyl (C=O) groups is 2. The van der Waals surface area contributed by atoms with Gasteiger partial charge in [0.2, 0.25) is 21.8 Å². The van der Waals surface area contributed by atoms with Crippen LogP contribution in [0.5, 0.6) is 5.75 Å². The number of sulfonamides is 1. The van der Waals surface area contributed by atoms with E-state index in [1.807, 2.05) is 30.3 Å². The van der Waals surface area contributed by atoms with E-state index in [1.54, 1.807) is 37.4 Å². The highest BCUT2D eigenvalue weighted by Gasteiger charge is 2.27. The molecule has 3 aromatic rings. The summed E-state index contributed by atoms with van der Waals surface area (Å²) in [7, 11) is -2.47. The highest BCUT2D eigenvalue weighted by Crippen LogP contribution is 2.26. The molecule has 2 amide bonds. The van der Waals surface area contributed by atoms with Gasteiger partial charge in [-0.3, -0.25) is 9.59 Å². The number of carbonyl (C=O) groups excluding carboxylic acids is 2. The van der Waals surface area contributed by atoms with E-state index in [1.165, 1.54) is 12.1 Å². The highest BCUT2D eigenvalue weighted by atomic mass is 32.2. The van der Waals surface area contributed by atoms with Gasteiger partial charge in [0.05, 0.1) is 12.0 Å². The fourth-order valence-electron chi connectivity index (χ4n) is 3.72. The zero-order chi connectivity index (χ0) is 24.1. The van der Waals surface area contributed by atoms with Crippen molar-refractivity contribution in [2.24, 2.45) is 0 Å². The monoisotopic (exact) mass is 479 g/mol. The first kappa shape index (κ1) is 23.5. The topological polar surface area (TPSA) is 114 Å². The Kier molecular flexibility index (Phi) is 6.95. The van der Waals surface area contributed by atoms with Gasteiger partial charge in [0.1, 0.15) is 11.8 Å². The number of hydrogen-bond donors (Lipinski definition) is 3. The number of aryl methyl sites for hydroxylation is 1. The number of nitrogens with one attached hydrogen (secondary N) is 3. The van der Waals surface area contributed by atoms with Crippen LogP contribution in [-0.2, 0) is 32.5 Å². The SMILES string of the molecule is COc1ccc(NC(=O)C(Cc2ccccc2)NS(=O)(=O)c2ccc3c(c2)CCC(=O)N3)cc1. The summed E-state index contributed by atoms with van der Waals surface area (Å²) in [6, 6.07) is 19.5. The summed E-state index contributed by atoms with van der Waals surface area (Å²) in [5.41, 5.74) is 2.68. The molecule has 0 radical (unpaired) electrons. The molecule has 0 aromatic heterocycles. The van der Waals surface area contributed by atoms with Crippen molar-refractivity contribution >= 4 is 33.2 Å². The van der Waals surface area contributed by atoms with Crippen LogP contribution in [0.2, 0.25) is 0 Å². The molecule has 3 N–H and O–H groups in total. The van der Waals surface area contributed by atoms with Crippen molar-refractivity contribution in [3.63, 3.8) is 0 Å². The summed E-state index contributed by atoms with van der Waals surface area (Å²) in [4.78, 5) is 24.8. The van der Waals surface area contributed by atoms with Crippen molar-refractivity contribution in [3.8, 4) is 5.75 Å². The second kappa shape index (κ2) is 10.1. The molecule has 0 spiro atoms. The molecule has 0 fully saturated rings. The molecule has 0 bridgehead atoms. The molecule has 0 saturated heterocycles. The quantitative estimate of drug-likeness (QED) is 0.459. The fraction of sp³-hybridized carbons (Fsp3) is 0.200. The summed E-state index contributed by atoms with van der Waals surface area (Å²) in [6.07, 6.45) is 0.920. The molecule has 3 aromatic carbocycles. The average molecular weight is 480 g/mol. The van der Waals surface area contributed by atoms with Crippen molar-refractivity contribution in [2.45, 2.75) is 30.2 Å². The third-order valence-electron chi connectivity index (χ3n) is 5.54. The van der Waals surface area contributed by atoms with Crippen LogP contribution in [0.4, 0.5) is 11.4 Å². The molecule has 0 aliphatic carbocycles. The Morgan fingerprint density at radius 3 is 2.47 bits per heavy atom. The Morgan fingerprint density at radius 2 is 1.76 bits per heavy atom. The van der Waals surface area contributed by atoms with E-state index in [0.717, 1.165) is 11.1 Å². The lowest BCUT2D eigenvalue weighted by atomic mass is 10.0. The maximum Gasteiger partial charge on any atom is 0.242 e. The largest absolute Gasteiger partial charge is 0.497 e. The number of benzene rings is 3. The molecular formula is C25H25N3O5S. The predicted octanol–water partition coefficient (Wildman–Crippen LogP) is 3.11. The van der Waals surface area contributed by atoms with Crippen LogP contribution in [-0.4, -0.2) is 33.4 Å². The second-order valence-corrected chi connectivity index (χ2v) is 9.66. The Hall–Kier alpha value is -3.69. The van der Waals surface area contributed by atoms with Gasteiger partial charge >= 0.3 is 0 Å². The lowest BCUT2D eigenvalue weighted by molar-refractivity contribution is -0.118. The first-order chi connectivity index (χ1) is 16.3. The van der Waals surface area contributed by atoms with Crippen LogP contribution >= 0.6 is 0 Å². The van der Waals surface area contributed by atoms with Gasteiger partial charge in [-0.2, -0.15) is 4.72 Å². The Bertz CT molecular complexity index is 1290. The van der Waals surface area contributed by atoms with E-state index >= 15 is 0 Å². The minimum Gasteiger partial charge on any atom is -0.497 e. The third-order valence-corrected chi connectivity index (χ3v) is 7.01. The molecule has 1 unspecified atom stereocenters. The molecule has 176 valence electrons. The molecule has 9 heteroatoms. The number of anilines is 2. The molecule has 1 aliphatic heterocycles. The number of fused-ring (bicyclic) bond motifs is 1. The Labute approximate surface area is 198 Å². The van der Waals surface area contributed by atoms with Gasteiger partial charge in [0.15, 0.2) is 0 Å². The number of amides is 2. The van der Waals surface area contributed by atoms with Gasteiger partial charge in [0.25, 0.3) is 0 Å². The van der Waals surface area contributed by atoms with Gasteiger partial charge in [0, 0.05) is 17.8 Å². The summed E-state index contributed by atoms with van der Waals surface area (Å²) >= 11 is 0. The zero-order valence-corrected chi connectivity index (χ0v) is 19.4. The van der Waals surface area contributed by atoms with Crippen LogP contribution < -0.4 is 20.1 Å². The second-order valence-electron chi connectivity index (χ2n) is 7.95. The molecular weight excluding hydrogens is 454 g/mol. The Morgan fingerprint density at radius 1 is 1.03 bits per heavy atom. The predicted molar refractivity (Wildman–Crippen MR) is 129 cm³/mol. The lowest BCUT2D eigenvalue weighted by Gasteiger charge is -2.21. The van der Waals surface area contributed by atoms with E-state index < -0.39 is 22.0 Å². The molecule has 1 atom stereocenters. The van der Waals surface area contributed by atoms with Gasteiger partial charge in [-0.1, -0.05) is 30.3 Å². The number of rotatable bonds is 8. The summed E-state index contributed by atoms with van der Waals surface area (Å²) in [5.74, 6) is 0.0605.